The molecular weight excluding hydrogens is 414 g/mol. The van der Waals surface area contributed by atoms with Gasteiger partial charge < -0.3 is 50.0 Å². The van der Waals surface area contributed by atoms with Crippen LogP contribution in [0.5, 0.6) is 0 Å². The molecular formula is C12H21NO14S. The molecule has 2 rings (SSSR count). The number of carbonyl (C=O) groups is 1. The number of carboxylic acids is 1. The second kappa shape index (κ2) is 8.78. The number of aliphatic hydroxyl groups is 6. The van der Waals surface area contributed by atoms with E-state index in [0.29, 0.717) is 0 Å². The molecule has 0 bridgehead atoms. The van der Waals surface area contributed by atoms with E-state index in [2.05, 4.69) is 0 Å². The van der Waals surface area contributed by atoms with Gasteiger partial charge in [-0.05, 0) is 0 Å². The van der Waals surface area contributed by atoms with Crippen molar-refractivity contribution in [1.29, 1.82) is 0 Å². The Balaban J connectivity index is 2.23. The first-order chi connectivity index (χ1) is 12.9. The minimum atomic E-state index is -4.92. The first-order valence-corrected chi connectivity index (χ1v) is 9.26. The molecule has 0 aromatic heterocycles. The molecule has 15 nitrogen and oxygen atoms in total. The monoisotopic (exact) mass is 435 g/mol. The zero-order chi connectivity index (χ0) is 21.4. The Hall–Kier alpha value is -1.02. The summed E-state index contributed by atoms with van der Waals surface area (Å²) in [7, 11) is -4.92. The third-order valence-electron chi connectivity index (χ3n) is 4.26. The first-order valence-electron chi connectivity index (χ1n) is 7.82. The normalized spacial score (nSPS) is 45.0. The van der Waals surface area contributed by atoms with E-state index in [9.17, 15) is 43.9 Å². The van der Waals surface area contributed by atoms with E-state index in [4.69, 9.17) is 23.9 Å². The summed E-state index contributed by atoms with van der Waals surface area (Å²) in [4.78, 5) is 11.1. The molecule has 2 fully saturated rings. The fraction of sp³-hybridized carbons (Fsp3) is 0.917. The molecule has 0 aromatic rings. The molecule has 0 aromatic carbocycles. The number of rotatable bonds is 6. The van der Waals surface area contributed by atoms with Crippen LogP contribution >= 0.6 is 0 Å². The van der Waals surface area contributed by atoms with E-state index in [1.807, 2.05) is 0 Å². The molecule has 0 radical (unpaired) electrons. The van der Waals surface area contributed by atoms with Crippen molar-refractivity contribution in [2.24, 2.45) is 0 Å². The maximum Gasteiger partial charge on any atom is 0.335 e. The van der Waals surface area contributed by atoms with Crippen LogP contribution in [-0.2, 0) is 29.3 Å². The Kier molecular flexibility index (Phi) is 7.29. The van der Waals surface area contributed by atoms with E-state index < -0.39 is 84.2 Å². The van der Waals surface area contributed by atoms with Gasteiger partial charge in [-0.2, -0.15) is 13.1 Å². The summed E-state index contributed by atoms with van der Waals surface area (Å²) in [5.41, 5.74) is 0. The molecule has 2 saturated heterocycles. The molecule has 0 aliphatic carbocycles. The molecule has 2 heterocycles. The van der Waals surface area contributed by atoms with Gasteiger partial charge >= 0.3 is 16.3 Å². The van der Waals surface area contributed by atoms with Crippen LogP contribution in [0.15, 0.2) is 0 Å². The number of hydrogen-bond donors (Lipinski definition) is 9. The van der Waals surface area contributed by atoms with Gasteiger partial charge in [0.15, 0.2) is 18.7 Å². The predicted molar refractivity (Wildman–Crippen MR) is 81.6 cm³/mol. The number of ether oxygens (including phenoxy) is 3. The van der Waals surface area contributed by atoms with Crippen LogP contribution in [0.3, 0.4) is 0 Å². The van der Waals surface area contributed by atoms with Crippen molar-refractivity contribution in [3.05, 3.63) is 0 Å². The quantitative estimate of drug-likeness (QED) is 0.176. The fourth-order valence-corrected chi connectivity index (χ4v) is 3.47. The lowest BCUT2D eigenvalue weighted by Gasteiger charge is -2.45. The lowest BCUT2D eigenvalue weighted by atomic mass is 9.96. The standard InChI is InChI=1S/C12H21NO14S/c14-1-2-8(4(15)3(11(21)25-2)13-28(22,23)24)26-12-7(18)5(16)6(17)9(27-12)10(19)20/h2-9,11-18,21H,1H2,(H,19,20)(H,22,23,24)/t2-,3-,4-,5+,6+,7-,8-,9+,11+,12-/m1/s1. The van der Waals surface area contributed by atoms with Crippen molar-refractivity contribution in [2.45, 2.75) is 61.3 Å². The topological polar surface area (TPSA) is 253 Å². The molecule has 9 N–H and O–H groups in total. The van der Waals surface area contributed by atoms with E-state index in [1.54, 1.807) is 0 Å². The maximum absolute atomic E-state index is 11.1. The molecule has 0 unspecified atom stereocenters. The van der Waals surface area contributed by atoms with E-state index in [1.165, 1.54) is 4.72 Å². The SMILES string of the molecule is O=C(O)[C@H]1O[C@@H](O[C@H]2[C@H](O)[C@@H](NS(=O)(=O)O)[C@@H](O)O[C@@H]2CO)[C@H](O)[C@@H](O)[C@@H]1O. The predicted octanol–water partition coefficient (Wildman–Crippen LogP) is -5.90. The third kappa shape index (κ3) is 4.93. The first kappa shape index (κ1) is 23.3. The zero-order valence-electron chi connectivity index (χ0n) is 13.9. The molecule has 16 heteroatoms. The highest BCUT2D eigenvalue weighted by atomic mass is 32.2. The van der Waals surface area contributed by atoms with Crippen molar-refractivity contribution in [2.75, 3.05) is 6.61 Å². The molecule has 0 amide bonds. The summed E-state index contributed by atoms with van der Waals surface area (Å²) < 4.78 is 47.2. The highest BCUT2D eigenvalue weighted by molar-refractivity contribution is 7.83. The number of aliphatic hydroxyl groups excluding tert-OH is 6. The van der Waals surface area contributed by atoms with E-state index >= 15 is 0 Å². The zero-order valence-corrected chi connectivity index (χ0v) is 14.7. The largest absolute Gasteiger partial charge is 0.479 e. The van der Waals surface area contributed by atoms with Crippen LogP contribution in [0.2, 0.25) is 0 Å². The number of aliphatic carboxylic acids is 1. The van der Waals surface area contributed by atoms with E-state index in [-0.39, 0.29) is 0 Å². The van der Waals surface area contributed by atoms with E-state index in [0.717, 1.165) is 0 Å². The lowest BCUT2D eigenvalue weighted by molar-refractivity contribution is -0.340. The Labute approximate surface area is 157 Å². The Morgan fingerprint density at radius 2 is 1.61 bits per heavy atom. The van der Waals surface area contributed by atoms with Crippen molar-refractivity contribution in [1.82, 2.24) is 4.72 Å². The number of nitrogens with one attached hydrogen (secondary N) is 1. The van der Waals surface area contributed by atoms with Gasteiger partial charge in [-0.15, -0.1) is 0 Å². The van der Waals surface area contributed by atoms with Gasteiger partial charge in [0.2, 0.25) is 0 Å². The maximum atomic E-state index is 11.1. The van der Waals surface area contributed by atoms with Crippen LogP contribution in [-0.4, -0.2) is 123 Å². The molecule has 28 heavy (non-hydrogen) atoms. The van der Waals surface area contributed by atoms with Gasteiger partial charge in [0.05, 0.1) is 6.61 Å². The van der Waals surface area contributed by atoms with Crippen molar-refractivity contribution in [3.8, 4) is 0 Å². The molecule has 0 spiro atoms. The van der Waals surface area contributed by atoms with Gasteiger partial charge in [-0.1, -0.05) is 0 Å². The highest BCUT2D eigenvalue weighted by Crippen LogP contribution is 2.29. The van der Waals surface area contributed by atoms with Crippen molar-refractivity contribution >= 4 is 16.3 Å². The van der Waals surface area contributed by atoms with Gasteiger partial charge in [0, 0.05) is 0 Å². The Bertz CT molecular complexity index is 659. The number of carboxylic acid groups (broad SMARTS) is 1. The van der Waals surface area contributed by atoms with Crippen molar-refractivity contribution in [3.63, 3.8) is 0 Å². The third-order valence-corrected chi connectivity index (χ3v) is 4.83. The van der Waals surface area contributed by atoms with Gasteiger partial charge in [-0.25, -0.2) is 4.79 Å². The average Bonchev–Trinajstić information content (AvgIpc) is 2.59. The summed E-state index contributed by atoms with van der Waals surface area (Å²) in [6.07, 6.45) is -17.3. The molecule has 10 atom stereocenters. The Morgan fingerprint density at radius 1 is 1.00 bits per heavy atom. The van der Waals surface area contributed by atoms with Crippen LogP contribution in [0.4, 0.5) is 0 Å². The fourth-order valence-electron chi connectivity index (χ4n) is 2.87. The summed E-state index contributed by atoms with van der Waals surface area (Å²) in [5.74, 6) is -1.70. The van der Waals surface area contributed by atoms with Gasteiger partial charge in [-0.3, -0.25) is 4.55 Å². The number of hydrogen-bond acceptors (Lipinski definition) is 12. The summed E-state index contributed by atoms with van der Waals surface area (Å²) in [6.45, 7) is -0.881. The Morgan fingerprint density at radius 3 is 2.11 bits per heavy atom. The smallest absolute Gasteiger partial charge is 0.335 e. The molecule has 2 aliphatic heterocycles. The van der Waals surface area contributed by atoms with Crippen LogP contribution in [0, 0.1) is 0 Å². The van der Waals surface area contributed by atoms with Crippen LogP contribution in [0.1, 0.15) is 0 Å². The van der Waals surface area contributed by atoms with Crippen LogP contribution in [0.25, 0.3) is 0 Å². The van der Waals surface area contributed by atoms with Crippen LogP contribution < -0.4 is 4.72 Å². The molecule has 164 valence electrons. The minimum absolute atomic E-state index is 0.881. The molecule has 2 aliphatic rings. The summed E-state index contributed by atoms with van der Waals surface area (Å²) >= 11 is 0. The van der Waals surface area contributed by atoms with Gasteiger partial charge in [0.25, 0.3) is 0 Å². The summed E-state index contributed by atoms with van der Waals surface area (Å²) in [5, 5.41) is 67.7. The second-order valence-electron chi connectivity index (χ2n) is 6.19. The lowest BCUT2D eigenvalue weighted by Crippen LogP contribution is -2.67. The summed E-state index contributed by atoms with van der Waals surface area (Å²) in [6, 6.07) is -1.88. The highest BCUT2D eigenvalue weighted by Gasteiger charge is 2.52. The molecule has 0 saturated carbocycles. The minimum Gasteiger partial charge on any atom is -0.479 e. The average molecular weight is 435 g/mol. The second-order valence-corrected chi connectivity index (χ2v) is 7.38. The van der Waals surface area contributed by atoms with Crippen molar-refractivity contribution < 1.29 is 67.7 Å². The van der Waals surface area contributed by atoms with Gasteiger partial charge in [0.1, 0.15) is 42.7 Å².